The zero-order valence-electron chi connectivity index (χ0n) is 11.8. The minimum atomic E-state index is -0.949. The third-order valence-electron chi connectivity index (χ3n) is 4.34. The van der Waals surface area contributed by atoms with Gasteiger partial charge in [-0.3, -0.25) is 9.59 Å². The SMILES string of the molecule is COC(=O)c1sccc1NC(=O)[C@H]1[C@H](C(=O)O)[C@H]2C=C[C@@H]1C2. The Morgan fingerprint density at radius 1 is 1.27 bits per heavy atom. The van der Waals surface area contributed by atoms with E-state index in [1.807, 2.05) is 12.2 Å². The molecule has 2 bridgehead atoms. The molecule has 1 aromatic heterocycles. The number of amides is 1. The predicted molar refractivity (Wildman–Crippen MR) is 79.6 cm³/mol. The first kappa shape index (κ1) is 14.8. The molecule has 1 aromatic rings. The van der Waals surface area contributed by atoms with Gasteiger partial charge in [0.2, 0.25) is 5.91 Å². The molecule has 1 fully saturated rings. The lowest BCUT2D eigenvalue weighted by molar-refractivity contribution is -0.146. The van der Waals surface area contributed by atoms with Gasteiger partial charge in [0.15, 0.2) is 0 Å². The van der Waals surface area contributed by atoms with E-state index < -0.39 is 23.8 Å². The second kappa shape index (κ2) is 5.57. The van der Waals surface area contributed by atoms with Gasteiger partial charge in [0.25, 0.3) is 0 Å². The number of allylic oxidation sites excluding steroid dienone is 2. The quantitative estimate of drug-likeness (QED) is 0.653. The summed E-state index contributed by atoms with van der Waals surface area (Å²) in [6.07, 6.45) is 4.50. The number of ether oxygens (including phenoxy) is 1. The molecular formula is C15H15NO5S. The number of rotatable bonds is 4. The highest BCUT2D eigenvalue weighted by Gasteiger charge is 2.51. The third-order valence-corrected chi connectivity index (χ3v) is 5.24. The molecule has 0 radical (unpaired) electrons. The zero-order chi connectivity index (χ0) is 15.9. The molecule has 0 aliphatic heterocycles. The van der Waals surface area contributed by atoms with Crippen LogP contribution in [0.15, 0.2) is 23.6 Å². The molecule has 2 aliphatic carbocycles. The topological polar surface area (TPSA) is 92.7 Å². The first-order valence-electron chi connectivity index (χ1n) is 6.90. The number of carboxylic acid groups (broad SMARTS) is 1. The van der Waals surface area contributed by atoms with Gasteiger partial charge >= 0.3 is 11.9 Å². The highest BCUT2D eigenvalue weighted by atomic mass is 32.1. The van der Waals surface area contributed by atoms with Crippen LogP contribution in [0, 0.1) is 23.7 Å². The first-order valence-corrected chi connectivity index (χ1v) is 7.78. The molecule has 0 spiro atoms. The Morgan fingerprint density at radius 3 is 2.59 bits per heavy atom. The minimum Gasteiger partial charge on any atom is -0.481 e. The molecule has 6 nitrogen and oxygen atoms in total. The molecule has 0 saturated heterocycles. The fourth-order valence-corrected chi connectivity index (χ4v) is 4.16. The Morgan fingerprint density at radius 2 is 1.95 bits per heavy atom. The Hall–Kier alpha value is -2.15. The van der Waals surface area contributed by atoms with Crippen LogP contribution >= 0.6 is 11.3 Å². The van der Waals surface area contributed by atoms with Crippen LogP contribution in [0.3, 0.4) is 0 Å². The summed E-state index contributed by atoms with van der Waals surface area (Å²) in [5.41, 5.74) is 0.373. The lowest BCUT2D eigenvalue weighted by Gasteiger charge is -2.23. The van der Waals surface area contributed by atoms with Crippen LogP contribution in [-0.2, 0) is 14.3 Å². The molecule has 1 saturated carbocycles. The van der Waals surface area contributed by atoms with E-state index in [4.69, 9.17) is 0 Å². The monoisotopic (exact) mass is 321 g/mol. The van der Waals surface area contributed by atoms with Gasteiger partial charge in [-0.2, -0.15) is 0 Å². The van der Waals surface area contributed by atoms with Crippen molar-refractivity contribution in [2.24, 2.45) is 23.7 Å². The van der Waals surface area contributed by atoms with E-state index in [0.29, 0.717) is 17.0 Å². The van der Waals surface area contributed by atoms with Gasteiger partial charge < -0.3 is 15.2 Å². The molecule has 2 N–H and O–H groups in total. The van der Waals surface area contributed by atoms with Crippen LogP contribution in [0.25, 0.3) is 0 Å². The molecule has 1 amide bonds. The third kappa shape index (κ3) is 2.31. The summed E-state index contributed by atoms with van der Waals surface area (Å²) in [6.45, 7) is 0. The number of esters is 1. The molecule has 4 atom stereocenters. The number of fused-ring (bicyclic) bond motifs is 2. The van der Waals surface area contributed by atoms with Gasteiger partial charge in [-0.25, -0.2) is 4.79 Å². The van der Waals surface area contributed by atoms with Crippen LogP contribution in [0.2, 0.25) is 0 Å². The molecule has 2 aliphatic rings. The standard InChI is InChI=1S/C15H15NO5S/c1-21-15(20)12-9(4-5-22-12)16-13(17)10-7-2-3-8(6-7)11(10)14(18)19/h2-5,7-8,10-11H,6H2,1H3,(H,16,17)(H,18,19)/t7-,8+,10-,11-/m1/s1. The summed E-state index contributed by atoms with van der Waals surface area (Å²) < 4.78 is 4.67. The summed E-state index contributed by atoms with van der Waals surface area (Å²) in [4.78, 5) is 35.9. The second-order valence-corrected chi connectivity index (χ2v) is 6.40. The Labute approximate surface area is 130 Å². The maximum atomic E-state index is 12.5. The average molecular weight is 321 g/mol. The van der Waals surface area contributed by atoms with Gasteiger partial charge in [-0.15, -0.1) is 11.3 Å². The van der Waals surface area contributed by atoms with Crippen LogP contribution in [0.1, 0.15) is 16.1 Å². The summed E-state index contributed by atoms with van der Waals surface area (Å²) in [7, 11) is 1.27. The van der Waals surface area contributed by atoms with Crippen molar-refractivity contribution in [1.29, 1.82) is 0 Å². The van der Waals surface area contributed by atoms with E-state index >= 15 is 0 Å². The summed E-state index contributed by atoms with van der Waals surface area (Å²) in [6, 6.07) is 1.62. The number of methoxy groups -OCH3 is 1. The molecule has 22 heavy (non-hydrogen) atoms. The maximum absolute atomic E-state index is 12.5. The minimum absolute atomic E-state index is 0.0497. The van der Waals surface area contributed by atoms with Crippen molar-refractivity contribution in [2.75, 3.05) is 12.4 Å². The number of carboxylic acids is 1. The van der Waals surface area contributed by atoms with Gasteiger partial charge in [0.1, 0.15) is 4.88 Å². The summed E-state index contributed by atoms with van der Waals surface area (Å²) in [5.74, 6) is -3.25. The largest absolute Gasteiger partial charge is 0.481 e. The van der Waals surface area contributed by atoms with E-state index in [1.165, 1.54) is 18.4 Å². The van der Waals surface area contributed by atoms with Crippen molar-refractivity contribution in [3.63, 3.8) is 0 Å². The highest BCUT2D eigenvalue weighted by Crippen LogP contribution is 2.48. The van der Waals surface area contributed by atoms with Crippen LogP contribution in [0.4, 0.5) is 5.69 Å². The first-order chi connectivity index (χ1) is 10.5. The van der Waals surface area contributed by atoms with E-state index in [0.717, 1.165) is 0 Å². The number of nitrogens with one attached hydrogen (secondary N) is 1. The van der Waals surface area contributed by atoms with Gasteiger partial charge in [-0.05, 0) is 29.7 Å². The van der Waals surface area contributed by atoms with Crippen molar-refractivity contribution < 1.29 is 24.2 Å². The molecule has 7 heteroatoms. The van der Waals surface area contributed by atoms with Crippen LogP contribution < -0.4 is 5.32 Å². The fourth-order valence-electron chi connectivity index (χ4n) is 3.39. The molecule has 0 aromatic carbocycles. The smallest absolute Gasteiger partial charge is 0.350 e. The Kier molecular flexibility index (Phi) is 3.74. The molecule has 0 unspecified atom stereocenters. The van der Waals surface area contributed by atoms with Crippen molar-refractivity contribution in [3.05, 3.63) is 28.5 Å². The van der Waals surface area contributed by atoms with Crippen molar-refractivity contribution in [2.45, 2.75) is 6.42 Å². The number of thiophene rings is 1. The fraction of sp³-hybridized carbons (Fsp3) is 0.400. The number of aliphatic carboxylic acids is 1. The van der Waals surface area contributed by atoms with Gasteiger partial charge in [-0.1, -0.05) is 12.2 Å². The van der Waals surface area contributed by atoms with Crippen LogP contribution in [0.5, 0.6) is 0 Å². The summed E-state index contributed by atoms with van der Waals surface area (Å²) >= 11 is 1.17. The van der Waals surface area contributed by atoms with E-state index in [2.05, 4.69) is 10.1 Å². The average Bonchev–Trinajstić information content (AvgIpc) is 3.20. The van der Waals surface area contributed by atoms with E-state index in [-0.39, 0.29) is 17.7 Å². The van der Waals surface area contributed by atoms with Gasteiger partial charge in [0, 0.05) is 0 Å². The lowest BCUT2D eigenvalue weighted by atomic mass is 9.82. The molecular weight excluding hydrogens is 306 g/mol. The number of hydrogen-bond donors (Lipinski definition) is 2. The Balaban J connectivity index is 1.80. The normalized spacial score (nSPS) is 28.6. The molecule has 3 rings (SSSR count). The zero-order valence-corrected chi connectivity index (χ0v) is 12.6. The van der Waals surface area contributed by atoms with Crippen LogP contribution in [-0.4, -0.2) is 30.1 Å². The predicted octanol–water partition coefficient (Wildman–Crippen LogP) is 2.00. The van der Waals surface area contributed by atoms with E-state index in [1.54, 1.807) is 11.4 Å². The lowest BCUT2D eigenvalue weighted by Crippen LogP contribution is -2.36. The number of carbonyl (C=O) groups is 3. The Bertz CT molecular complexity index is 665. The highest BCUT2D eigenvalue weighted by molar-refractivity contribution is 7.12. The van der Waals surface area contributed by atoms with Crippen molar-refractivity contribution >= 4 is 34.9 Å². The molecule has 116 valence electrons. The maximum Gasteiger partial charge on any atom is 0.350 e. The second-order valence-electron chi connectivity index (χ2n) is 5.48. The summed E-state index contributed by atoms with van der Waals surface area (Å²) in [5, 5.41) is 13.7. The number of carbonyl (C=O) groups excluding carboxylic acids is 2. The van der Waals surface area contributed by atoms with Crippen molar-refractivity contribution in [3.8, 4) is 0 Å². The number of anilines is 1. The number of hydrogen-bond acceptors (Lipinski definition) is 5. The van der Waals surface area contributed by atoms with E-state index in [9.17, 15) is 19.5 Å². The van der Waals surface area contributed by atoms with Crippen molar-refractivity contribution in [1.82, 2.24) is 0 Å². The molecule has 1 heterocycles. The van der Waals surface area contributed by atoms with Gasteiger partial charge in [0.05, 0.1) is 24.6 Å².